The van der Waals surface area contributed by atoms with Crippen LogP contribution < -0.4 is 0 Å². The molecule has 0 radical (unpaired) electrons. The number of halogens is 3. The molecule has 0 aromatic heterocycles. The number of hydrogen-bond donors (Lipinski definition) is 0. The minimum Gasteiger partial charge on any atom is -0.293 e. The minimum atomic E-state index is -0.109. The highest BCUT2D eigenvalue weighted by Crippen LogP contribution is 2.25. The van der Waals surface area contributed by atoms with E-state index in [2.05, 4.69) is 15.9 Å². The van der Waals surface area contributed by atoms with E-state index in [1.165, 1.54) is 0 Å². The monoisotopic (exact) mass is 280 g/mol. The van der Waals surface area contributed by atoms with Crippen LogP contribution in [0.3, 0.4) is 0 Å². The summed E-state index contributed by atoms with van der Waals surface area (Å²) in [6, 6.07) is 3.38. The van der Waals surface area contributed by atoms with Crippen LogP contribution >= 0.6 is 39.1 Å². The molecule has 1 aromatic carbocycles. The standard InChI is InChI=1S/C9H7BrCl2O/c1-5-7(9(13)4-11)2-6(12)3-8(5)10/h2-3H,4H2,1H3. The normalized spacial score (nSPS) is 10.2. The van der Waals surface area contributed by atoms with Crippen molar-refractivity contribution in [3.8, 4) is 0 Å². The Morgan fingerprint density at radius 3 is 2.69 bits per heavy atom. The largest absolute Gasteiger partial charge is 0.293 e. The zero-order valence-electron chi connectivity index (χ0n) is 6.90. The van der Waals surface area contributed by atoms with Gasteiger partial charge >= 0.3 is 0 Å². The molecule has 0 aliphatic rings. The van der Waals surface area contributed by atoms with E-state index in [1.54, 1.807) is 12.1 Å². The minimum absolute atomic E-state index is 0.0202. The van der Waals surface area contributed by atoms with E-state index >= 15 is 0 Å². The van der Waals surface area contributed by atoms with Gasteiger partial charge in [0.1, 0.15) is 0 Å². The molecule has 1 aromatic rings. The second-order valence-electron chi connectivity index (χ2n) is 2.62. The molecule has 0 aliphatic heterocycles. The van der Waals surface area contributed by atoms with E-state index in [0.29, 0.717) is 10.6 Å². The SMILES string of the molecule is Cc1c(Br)cc(Cl)cc1C(=O)CCl. The molecule has 0 fully saturated rings. The van der Waals surface area contributed by atoms with E-state index in [4.69, 9.17) is 23.2 Å². The predicted octanol–water partition coefficient (Wildman–Crippen LogP) is 3.83. The van der Waals surface area contributed by atoms with Gasteiger partial charge in [-0.25, -0.2) is 0 Å². The van der Waals surface area contributed by atoms with Crippen molar-refractivity contribution in [2.75, 3.05) is 5.88 Å². The number of alkyl halides is 1. The first-order valence-corrected chi connectivity index (χ1v) is 5.31. The number of ketones is 1. The van der Waals surface area contributed by atoms with Crippen LogP contribution in [-0.2, 0) is 0 Å². The molecule has 1 nitrogen and oxygen atoms in total. The van der Waals surface area contributed by atoms with Gasteiger partial charge in [-0.1, -0.05) is 27.5 Å². The van der Waals surface area contributed by atoms with Crippen LogP contribution in [0.15, 0.2) is 16.6 Å². The fourth-order valence-electron chi connectivity index (χ4n) is 1.01. The van der Waals surface area contributed by atoms with Gasteiger partial charge in [0.05, 0.1) is 5.88 Å². The van der Waals surface area contributed by atoms with Gasteiger partial charge in [0, 0.05) is 15.1 Å². The van der Waals surface area contributed by atoms with Crippen molar-refractivity contribution in [1.29, 1.82) is 0 Å². The summed E-state index contributed by atoms with van der Waals surface area (Å²) in [5.41, 5.74) is 1.45. The van der Waals surface area contributed by atoms with Gasteiger partial charge in [0.15, 0.2) is 5.78 Å². The first kappa shape index (κ1) is 11.0. The number of Topliss-reactive ketones (excluding diaryl/α,β-unsaturated/α-hetero) is 1. The van der Waals surface area contributed by atoms with Gasteiger partial charge in [-0.05, 0) is 24.6 Å². The van der Waals surface area contributed by atoms with E-state index in [9.17, 15) is 4.79 Å². The summed E-state index contributed by atoms with van der Waals surface area (Å²) in [5, 5.41) is 0.533. The molecule has 0 spiro atoms. The summed E-state index contributed by atoms with van der Waals surface area (Å²) in [7, 11) is 0. The van der Waals surface area contributed by atoms with Gasteiger partial charge in [-0.15, -0.1) is 11.6 Å². The van der Waals surface area contributed by atoms with Crippen LogP contribution in [0.1, 0.15) is 15.9 Å². The summed E-state index contributed by atoms with van der Waals surface area (Å²) in [6.07, 6.45) is 0. The molecule has 4 heteroatoms. The first-order chi connectivity index (χ1) is 6.06. The molecule has 0 N–H and O–H groups in total. The Bertz CT molecular complexity index is 350. The molecule has 13 heavy (non-hydrogen) atoms. The number of carbonyl (C=O) groups is 1. The Kier molecular flexibility index (Phi) is 3.77. The van der Waals surface area contributed by atoms with E-state index in [1.807, 2.05) is 6.92 Å². The molecule has 0 aliphatic carbocycles. The number of rotatable bonds is 2. The maximum absolute atomic E-state index is 11.3. The average molecular weight is 282 g/mol. The predicted molar refractivity (Wildman–Crippen MR) is 58.9 cm³/mol. The van der Waals surface area contributed by atoms with Crippen molar-refractivity contribution in [2.45, 2.75) is 6.92 Å². The molecule has 0 heterocycles. The number of benzene rings is 1. The highest BCUT2D eigenvalue weighted by Gasteiger charge is 2.10. The number of carbonyl (C=O) groups excluding carboxylic acids is 1. The van der Waals surface area contributed by atoms with Gasteiger partial charge in [0.25, 0.3) is 0 Å². The van der Waals surface area contributed by atoms with Gasteiger partial charge in [-0.2, -0.15) is 0 Å². The quantitative estimate of drug-likeness (QED) is 0.595. The van der Waals surface area contributed by atoms with E-state index in [-0.39, 0.29) is 11.7 Å². The second kappa shape index (κ2) is 4.45. The van der Waals surface area contributed by atoms with Gasteiger partial charge in [0.2, 0.25) is 0 Å². The molecule has 1 rings (SSSR count). The molecule has 0 bridgehead atoms. The smallest absolute Gasteiger partial charge is 0.177 e. The van der Waals surface area contributed by atoms with Gasteiger partial charge < -0.3 is 0 Å². The van der Waals surface area contributed by atoms with E-state index in [0.717, 1.165) is 10.0 Å². The van der Waals surface area contributed by atoms with Crippen molar-refractivity contribution < 1.29 is 4.79 Å². The number of hydrogen-bond acceptors (Lipinski definition) is 1. The Balaban J connectivity index is 3.28. The molecule has 0 saturated heterocycles. The van der Waals surface area contributed by atoms with Crippen LogP contribution in [0.2, 0.25) is 5.02 Å². The first-order valence-electron chi connectivity index (χ1n) is 3.61. The fraction of sp³-hybridized carbons (Fsp3) is 0.222. The van der Waals surface area contributed by atoms with Crippen molar-refractivity contribution in [1.82, 2.24) is 0 Å². The molecular weight excluding hydrogens is 275 g/mol. The van der Waals surface area contributed by atoms with Crippen molar-refractivity contribution in [3.63, 3.8) is 0 Å². The zero-order chi connectivity index (χ0) is 10.0. The van der Waals surface area contributed by atoms with Crippen LogP contribution in [0, 0.1) is 6.92 Å². The summed E-state index contributed by atoms with van der Waals surface area (Å²) in [4.78, 5) is 11.3. The fourth-order valence-corrected chi connectivity index (χ4v) is 1.96. The maximum Gasteiger partial charge on any atom is 0.177 e. The van der Waals surface area contributed by atoms with Crippen molar-refractivity contribution >= 4 is 44.9 Å². The van der Waals surface area contributed by atoms with Crippen LogP contribution in [0.5, 0.6) is 0 Å². The van der Waals surface area contributed by atoms with Gasteiger partial charge in [-0.3, -0.25) is 4.79 Å². The molecule has 0 atom stereocenters. The third-order valence-corrected chi connectivity index (χ3v) is 3.02. The van der Waals surface area contributed by atoms with Crippen LogP contribution in [0.25, 0.3) is 0 Å². The lowest BCUT2D eigenvalue weighted by Crippen LogP contribution is -2.03. The molecule has 70 valence electrons. The van der Waals surface area contributed by atoms with Crippen LogP contribution in [0.4, 0.5) is 0 Å². The van der Waals surface area contributed by atoms with Crippen molar-refractivity contribution in [3.05, 3.63) is 32.8 Å². The van der Waals surface area contributed by atoms with Crippen molar-refractivity contribution in [2.24, 2.45) is 0 Å². The van der Waals surface area contributed by atoms with Crippen LogP contribution in [-0.4, -0.2) is 11.7 Å². The Hall–Kier alpha value is -0.0500. The Labute approximate surface area is 95.2 Å². The Morgan fingerprint density at radius 2 is 2.15 bits per heavy atom. The second-order valence-corrected chi connectivity index (χ2v) is 4.18. The molecule has 0 amide bonds. The average Bonchev–Trinajstić information content (AvgIpc) is 2.10. The molecule has 0 saturated carbocycles. The third-order valence-electron chi connectivity index (χ3n) is 1.73. The lowest BCUT2D eigenvalue weighted by molar-refractivity contribution is 0.102. The molecular formula is C9H7BrCl2O. The lowest BCUT2D eigenvalue weighted by atomic mass is 10.1. The summed E-state index contributed by atoms with van der Waals surface area (Å²) in [5.74, 6) is -0.129. The summed E-state index contributed by atoms with van der Waals surface area (Å²) in [6.45, 7) is 1.85. The summed E-state index contributed by atoms with van der Waals surface area (Å²) >= 11 is 14.6. The third kappa shape index (κ3) is 2.46. The summed E-state index contributed by atoms with van der Waals surface area (Å²) < 4.78 is 0.827. The Morgan fingerprint density at radius 1 is 1.54 bits per heavy atom. The van der Waals surface area contributed by atoms with E-state index < -0.39 is 0 Å². The maximum atomic E-state index is 11.3. The highest BCUT2D eigenvalue weighted by molar-refractivity contribution is 9.10. The topological polar surface area (TPSA) is 17.1 Å². The highest BCUT2D eigenvalue weighted by atomic mass is 79.9. The lowest BCUT2D eigenvalue weighted by Gasteiger charge is -2.05. The zero-order valence-corrected chi connectivity index (χ0v) is 10.0. The molecule has 0 unspecified atom stereocenters.